The number of hydrogen-bond acceptors (Lipinski definition) is 5. The van der Waals surface area contributed by atoms with Crippen molar-refractivity contribution >= 4 is 0 Å². The van der Waals surface area contributed by atoms with Crippen LogP contribution in [0.25, 0.3) is 0 Å². The lowest BCUT2D eigenvalue weighted by Gasteiger charge is -2.44. The molecule has 0 aromatic rings. The van der Waals surface area contributed by atoms with Gasteiger partial charge in [0.25, 0.3) is 0 Å². The van der Waals surface area contributed by atoms with Crippen molar-refractivity contribution in [2.45, 2.75) is 116 Å². The molecule has 0 bridgehead atoms. The van der Waals surface area contributed by atoms with E-state index in [9.17, 15) is 15.3 Å². The lowest BCUT2D eigenvalue weighted by molar-refractivity contribution is -0.0968. The number of aliphatic hydroxyl groups is 4. The third kappa shape index (κ3) is 6.87. The summed E-state index contributed by atoms with van der Waals surface area (Å²) in [7, 11) is 0. The highest BCUT2D eigenvalue weighted by Gasteiger charge is 2.50. The average Bonchev–Trinajstić information content (AvgIpc) is 3.14. The Balaban J connectivity index is 1.67. The second-order valence-corrected chi connectivity index (χ2v) is 12.4. The molecule has 3 saturated carbocycles. The molecule has 7 atom stereocenters. The van der Waals surface area contributed by atoms with E-state index in [0.29, 0.717) is 42.3 Å². The summed E-state index contributed by atoms with van der Waals surface area (Å²) in [6, 6.07) is 0. The van der Waals surface area contributed by atoms with Gasteiger partial charge in [-0.2, -0.15) is 0 Å². The zero-order valence-electron chi connectivity index (χ0n) is 22.5. The maximum absolute atomic E-state index is 10.7. The first-order chi connectivity index (χ1) is 16.5. The van der Waals surface area contributed by atoms with E-state index < -0.39 is 23.9 Å². The van der Waals surface area contributed by atoms with Crippen LogP contribution in [-0.2, 0) is 4.74 Å². The van der Waals surface area contributed by atoms with Gasteiger partial charge in [-0.05, 0) is 93.1 Å². The lowest BCUT2D eigenvalue weighted by Crippen LogP contribution is -2.45. The van der Waals surface area contributed by atoms with Crippen LogP contribution in [0.3, 0.4) is 0 Å². The van der Waals surface area contributed by atoms with Crippen LogP contribution in [0.5, 0.6) is 0 Å². The average molecular weight is 491 g/mol. The van der Waals surface area contributed by atoms with Crippen molar-refractivity contribution in [3.05, 3.63) is 35.5 Å². The fourth-order valence-corrected chi connectivity index (χ4v) is 7.21. The van der Waals surface area contributed by atoms with Gasteiger partial charge in [0, 0.05) is 19.6 Å². The molecule has 3 aliphatic carbocycles. The highest BCUT2D eigenvalue weighted by atomic mass is 16.5. The van der Waals surface area contributed by atoms with Gasteiger partial charge >= 0.3 is 0 Å². The van der Waals surface area contributed by atoms with Crippen molar-refractivity contribution in [2.24, 2.45) is 23.2 Å². The first-order valence-corrected chi connectivity index (χ1v) is 13.9. The molecule has 0 spiro atoms. The number of rotatable bonds is 10. The molecule has 5 nitrogen and oxygen atoms in total. The highest BCUT2D eigenvalue weighted by Crippen LogP contribution is 2.60. The van der Waals surface area contributed by atoms with E-state index in [1.165, 1.54) is 37.7 Å². The number of allylic oxidation sites excluding steroid dienone is 3. The molecule has 0 saturated heterocycles. The van der Waals surface area contributed by atoms with Crippen LogP contribution in [0.15, 0.2) is 35.5 Å². The van der Waals surface area contributed by atoms with Crippen LogP contribution in [0, 0.1) is 23.2 Å². The molecule has 3 rings (SSSR count). The minimum absolute atomic E-state index is 0.0269. The molecule has 0 radical (unpaired) electrons. The summed E-state index contributed by atoms with van der Waals surface area (Å²) >= 11 is 0. The largest absolute Gasteiger partial charge is 0.396 e. The van der Waals surface area contributed by atoms with E-state index in [1.807, 2.05) is 13.8 Å². The molecule has 4 N–H and O–H groups in total. The van der Waals surface area contributed by atoms with Crippen molar-refractivity contribution in [1.82, 2.24) is 0 Å². The Hall–Kier alpha value is -0.980. The van der Waals surface area contributed by atoms with Crippen LogP contribution in [-0.4, -0.2) is 57.6 Å². The monoisotopic (exact) mass is 490 g/mol. The van der Waals surface area contributed by atoms with Crippen molar-refractivity contribution in [1.29, 1.82) is 0 Å². The number of ether oxygens (including phenoxy) is 1. The molecule has 0 aromatic carbocycles. The predicted octanol–water partition coefficient (Wildman–Crippen LogP) is 5.08. The Morgan fingerprint density at radius 1 is 1.20 bits per heavy atom. The summed E-state index contributed by atoms with van der Waals surface area (Å²) in [6.45, 7) is 13.2. The van der Waals surface area contributed by atoms with E-state index in [2.05, 4.69) is 32.6 Å². The van der Waals surface area contributed by atoms with Gasteiger partial charge in [0.05, 0.1) is 11.7 Å². The summed E-state index contributed by atoms with van der Waals surface area (Å²) in [5, 5.41) is 40.4. The summed E-state index contributed by atoms with van der Waals surface area (Å²) < 4.78 is 5.63. The quantitative estimate of drug-likeness (QED) is 0.321. The minimum atomic E-state index is -0.931. The van der Waals surface area contributed by atoms with Gasteiger partial charge in [0.2, 0.25) is 0 Å². The molecular weight excluding hydrogens is 440 g/mol. The molecule has 3 aliphatic rings. The third-order valence-corrected chi connectivity index (χ3v) is 9.17. The van der Waals surface area contributed by atoms with Gasteiger partial charge in [-0.1, -0.05) is 51.0 Å². The molecule has 35 heavy (non-hydrogen) atoms. The Labute approximate surface area is 213 Å². The molecule has 0 amide bonds. The van der Waals surface area contributed by atoms with E-state index in [4.69, 9.17) is 9.84 Å². The molecule has 5 heteroatoms. The van der Waals surface area contributed by atoms with Gasteiger partial charge in [0.15, 0.2) is 0 Å². The van der Waals surface area contributed by atoms with Crippen molar-refractivity contribution in [3.63, 3.8) is 0 Å². The Morgan fingerprint density at radius 3 is 2.63 bits per heavy atom. The molecule has 200 valence electrons. The van der Waals surface area contributed by atoms with E-state index >= 15 is 0 Å². The highest BCUT2D eigenvalue weighted by molar-refractivity contribution is 5.40. The third-order valence-electron chi connectivity index (χ3n) is 9.17. The second-order valence-electron chi connectivity index (χ2n) is 12.4. The van der Waals surface area contributed by atoms with E-state index in [1.54, 1.807) is 0 Å². The van der Waals surface area contributed by atoms with Crippen LogP contribution in [0.4, 0.5) is 0 Å². The number of fused-ring (bicyclic) bond motifs is 1. The molecular formula is C30H50O5. The maximum Gasteiger partial charge on any atom is 0.114 e. The molecule has 3 fully saturated rings. The van der Waals surface area contributed by atoms with Gasteiger partial charge in [-0.3, -0.25) is 0 Å². The topological polar surface area (TPSA) is 90.2 Å². The zero-order chi connectivity index (χ0) is 25.8. The predicted molar refractivity (Wildman–Crippen MR) is 141 cm³/mol. The standard InChI is InChI=1S/C30H50O5/c1-20(9-6-15-29(3,4)34)24-13-14-25-22(10-7-16-30(24,25)5)11-12-23-19-26(32)28(27(33)21(23)2)35-18-8-17-31/h11-12,20,24-28,31-34H,2,6-10,13-19H2,1,3-5H3/t20?,24?,25-,26?,27?,28+,30+/m0/s1. The fraction of sp³-hybridized carbons (Fsp3) is 0.800. The second kappa shape index (κ2) is 12.0. The van der Waals surface area contributed by atoms with Crippen LogP contribution >= 0.6 is 0 Å². The number of hydrogen-bond donors (Lipinski definition) is 4. The lowest BCUT2D eigenvalue weighted by atomic mass is 9.60. The molecule has 0 aliphatic heterocycles. The normalized spacial score (nSPS) is 37.1. The Bertz CT molecular complexity index is 778. The van der Waals surface area contributed by atoms with Gasteiger partial charge in [0.1, 0.15) is 12.2 Å². The maximum atomic E-state index is 10.7. The smallest absolute Gasteiger partial charge is 0.114 e. The first kappa shape index (κ1) is 28.6. The van der Waals surface area contributed by atoms with E-state index in [-0.39, 0.29) is 6.61 Å². The summed E-state index contributed by atoms with van der Waals surface area (Å²) in [5.74, 6) is 1.98. The van der Waals surface area contributed by atoms with Crippen molar-refractivity contribution in [2.75, 3.05) is 13.2 Å². The van der Waals surface area contributed by atoms with Crippen LogP contribution in [0.1, 0.15) is 91.9 Å². The van der Waals surface area contributed by atoms with Crippen LogP contribution < -0.4 is 0 Å². The SMILES string of the molecule is C=C1C(=CC=C2CCC[C@]3(C)C(C(C)CCCC(C)(C)O)CC[C@@H]23)CC(O)[C@@H](OCCCO)C1O. The summed E-state index contributed by atoms with van der Waals surface area (Å²) in [4.78, 5) is 0. The molecule has 0 heterocycles. The van der Waals surface area contributed by atoms with Gasteiger partial charge < -0.3 is 25.2 Å². The fourth-order valence-electron chi connectivity index (χ4n) is 7.21. The Kier molecular flexibility index (Phi) is 9.84. The first-order valence-electron chi connectivity index (χ1n) is 13.9. The van der Waals surface area contributed by atoms with Crippen LogP contribution in [0.2, 0.25) is 0 Å². The summed E-state index contributed by atoms with van der Waals surface area (Å²) in [6.07, 6.45) is 12.1. The Morgan fingerprint density at radius 2 is 1.94 bits per heavy atom. The van der Waals surface area contributed by atoms with Crippen molar-refractivity contribution < 1.29 is 25.2 Å². The zero-order valence-corrected chi connectivity index (χ0v) is 22.5. The van der Waals surface area contributed by atoms with E-state index in [0.717, 1.165) is 30.8 Å². The summed E-state index contributed by atoms with van der Waals surface area (Å²) in [5.41, 5.74) is 2.79. The molecule has 0 aromatic heterocycles. The van der Waals surface area contributed by atoms with Gasteiger partial charge in [-0.15, -0.1) is 0 Å². The minimum Gasteiger partial charge on any atom is -0.396 e. The number of aliphatic hydroxyl groups excluding tert-OH is 3. The molecule has 4 unspecified atom stereocenters. The van der Waals surface area contributed by atoms with Gasteiger partial charge in [-0.25, -0.2) is 0 Å². The van der Waals surface area contributed by atoms with Crippen molar-refractivity contribution in [3.8, 4) is 0 Å².